The highest BCUT2D eigenvalue weighted by Crippen LogP contribution is 2.34. The molecule has 8 heteroatoms. The van der Waals surface area contributed by atoms with E-state index in [1.165, 1.54) is 7.11 Å². The molecule has 0 aliphatic rings. The molecule has 0 aromatic carbocycles. The Bertz CT molecular complexity index is 702. The van der Waals surface area contributed by atoms with Crippen LogP contribution in [0.15, 0.2) is 23.6 Å². The van der Waals surface area contributed by atoms with Gasteiger partial charge in [-0.1, -0.05) is 28.3 Å². The summed E-state index contributed by atoms with van der Waals surface area (Å²) in [6, 6.07) is 1.67. The van der Waals surface area contributed by atoms with E-state index in [2.05, 4.69) is 20.0 Å². The van der Waals surface area contributed by atoms with Gasteiger partial charge in [-0.15, -0.1) is 0 Å². The van der Waals surface area contributed by atoms with Gasteiger partial charge in [-0.2, -0.15) is 0 Å². The molecule has 2 rings (SSSR count). The molecule has 104 valence electrons. The van der Waals surface area contributed by atoms with Crippen LogP contribution < -0.4 is 0 Å². The summed E-state index contributed by atoms with van der Waals surface area (Å²) >= 11 is 12.0. The maximum atomic E-state index is 8.79. The van der Waals surface area contributed by atoms with Crippen molar-refractivity contribution in [1.82, 2.24) is 9.97 Å². The summed E-state index contributed by atoms with van der Waals surface area (Å²) in [5, 5.41) is 5.84. The summed E-state index contributed by atoms with van der Waals surface area (Å²) in [4.78, 5) is 11.0. The molecule has 0 bridgehead atoms. The molecule has 6 nitrogen and oxygen atoms in total. The number of aromatic nitrogens is 2. The maximum Gasteiger partial charge on any atom is 0.138 e. The molecule has 0 N–H and O–H groups in total. The summed E-state index contributed by atoms with van der Waals surface area (Å²) in [6.45, 7) is 1.96. The van der Waals surface area contributed by atoms with Crippen LogP contribution >= 0.6 is 23.2 Å². The van der Waals surface area contributed by atoms with E-state index in [4.69, 9.17) is 33.5 Å². The number of halogens is 2. The molecule has 0 aliphatic heterocycles. The SMILES string of the molecule is COC[C@@](C)(N=[N+]=[N-])c1cnc(Cl)c2cnc(Cl)cc12. The van der Waals surface area contributed by atoms with Crippen LogP contribution in [0.4, 0.5) is 0 Å². The molecular weight excluding hydrogens is 301 g/mol. The predicted molar refractivity (Wildman–Crippen MR) is 77.9 cm³/mol. The first-order valence-electron chi connectivity index (χ1n) is 5.67. The standard InChI is InChI=1S/C12H11Cl2N5O/c1-12(6-20-2,18-19-15)9-5-17-11(14)8-4-16-10(13)3-7(8)9/h3-5H,6H2,1-2H3/t12-/m1/s1. The van der Waals surface area contributed by atoms with Crippen molar-refractivity contribution in [3.63, 3.8) is 0 Å². The molecule has 2 aromatic heterocycles. The molecule has 0 radical (unpaired) electrons. The quantitative estimate of drug-likeness (QED) is 0.368. The average Bonchev–Trinajstić information content (AvgIpc) is 2.39. The molecule has 0 spiro atoms. The third-order valence-corrected chi connectivity index (χ3v) is 3.47. The van der Waals surface area contributed by atoms with E-state index >= 15 is 0 Å². The number of hydrogen-bond acceptors (Lipinski definition) is 4. The van der Waals surface area contributed by atoms with Crippen molar-refractivity contribution in [2.24, 2.45) is 5.11 Å². The van der Waals surface area contributed by atoms with Crippen LogP contribution in [0.3, 0.4) is 0 Å². The number of ether oxygens (including phenoxy) is 1. The van der Waals surface area contributed by atoms with E-state index in [1.54, 1.807) is 25.4 Å². The van der Waals surface area contributed by atoms with Crippen molar-refractivity contribution < 1.29 is 4.74 Å². The molecule has 0 unspecified atom stereocenters. The average molecular weight is 312 g/mol. The number of pyridine rings is 2. The van der Waals surface area contributed by atoms with Gasteiger partial charge in [0.05, 0.1) is 12.1 Å². The van der Waals surface area contributed by atoms with Crippen molar-refractivity contribution in [2.45, 2.75) is 12.5 Å². The van der Waals surface area contributed by atoms with Gasteiger partial charge in [0.15, 0.2) is 0 Å². The van der Waals surface area contributed by atoms with Gasteiger partial charge in [0, 0.05) is 29.8 Å². The van der Waals surface area contributed by atoms with Crippen molar-refractivity contribution in [1.29, 1.82) is 0 Å². The summed E-state index contributed by atoms with van der Waals surface area (Å²) in [5.41, 5.74) is 8.56. The van der Waals surface area contributed by atoms with Crippen molar-refractivity contribution in [3.05, 3.63) is 44.8 Å². The Balaban J connectivity index is 2.79. The van der Waals surface area contributed by atoms with Crippen molar-refractivity contribution >= 4 is 34.0 Å². The van der Waals surface area contributed by atoms with Crippen LogP contribution in [0.2, 0.25) is 10.3 Å². The Labute approximate surface area is 125 Å². The largest absolute Gasteiger partial charge is 0.384 e. The third kappa shape index (κ3) is 2.64. The minimum Gasteiger partial charge on any atom is -0.384 e. The number of methoxy groups -OCH3 is 1. The second-order valence-corrected chi connectivity index (χ2v) is 5.16. The Morgan fingerprint density at radius 3 is 2.75 bits per heavy atom. The Kier molecular flexibility index (Phi) is 4.30. The van der Waals surface area contributed by atoms with E-state index in [-0.39, 0.29) is 6.61 Å². The molecule has 0 fully saturated rings. The van der Waals surface area contributed by atoms with Crippen LogP contribution in [0.1, 0.15) is 12.5 Å². The van der Waals surface area contributed by atoms with Crippen LogP contribution in [-0.4, -0.2) is 23.7 Å². The first-order chi connectivity index (χ1) is 9.51. The minimum atomic E-state index is -0.913. The normalized spacial score (nSPS) is 13.8. The van der Waals surface area contributed by atoms with Gasteiger partial charge in [-0.3, -0.25) is 0 Å². The van der Waals surface area contributed by atoms with E-state index in [9.17, 15) is 0 Å². The van der Waals surface area contributed by atoms with E-state index in [0.717, 1.165) is 5.39 Å². The first-order valence-corrected chi connectivity index (χ1v) is 6.43. The molecule has 2 aromatic rings. The number of fused-ring (bicyclic) bond motifs is 1. The fourth-order valence-electron chi connectivity index (χ4n) is 2.05. The number of rotatable bonds is 4. The minimum absolute atomic E-state index is 0.204. The zero-order chi connectivity index (χ0) is 14.8. The van der Waals surface area contributed by atoms with Gasteiger partial charge >= 0.3 is 0 Å². The fourth-order valence-corrected chi connectivity index (χ4v) is 2.40. The second-order valence-electron chi connectivity index (χ2n) is 4.41. The molecule has 0 saturated heterocycles. The van der Waals surface area contributed by atoms with Gasteiger partial charge in [0.1, 0.15) is 10.3 Å². The zero-order valence-electron chi connectivity index (χ0n) is 10.8. The topological polar surface area (TPSA) is 83.8 Å². The summed E-state index contributed by atoms with van der Waals surface area (Å²) in [5.74, 6) is 0. The van der Waals surface area contributed by atoms with Gasteiger partial charge in [0.2, 0.25) is 0 Å². The lowest BCUT2D eigenvalue weighted by Gasteiger charge is -2.24. The van der Waals surface area contributed by atoms with Crippen molar-refractivity contribution in [2.75, 3.05) is 13.7 Å². The van der Waals surface area contributed by atoms with Gasteiger partial charge in [0.25, 0.3) is 0 Å². The van der Waals surface area contributed by atoms with Crippen LogP contribution in [0.5, 0.6) is 0 Å². The van der Waals surface area contributed by atoms with E-state index in [0.29, 0.717) is 21.3 Å². The highest BCUT2D eigenvalue weighted by atomic mass is 35.5. The number of nitrogens with zero attached hydrogens (tertiary/aromatic N) is 5. The zero-order valence-corrected chi connectivity index (χ0v) is 12.4. The number of azide groups is 1. The lowest BCUT2D eigenvalue weighted by atomic mass is 9.91. The van der Waals surface area contributed by atoms with E-state index in [1.807, 2.05) is 0 Å². The molecule has 0 amide bonds. The van der Waals surface area contributed by atoms with Gasteiger partial charge in [-0.05, 0) is 29.5 Å². The van der Waals surface area contributed by atoms with Gasteiger partial charge < -0.3 is 4.74 Å². The van der Waals surface area contributed by atoms with Gasteiger partial charge in [-0.25, -0.2) is 9.97 Å². The maximum absolute atomic E-state index is 8.79. The van der Waals surface area contributed by atoms with E-state index < -0.39 is 5.54 Å². The lowest BCUT2D eigenvalue weighted by Crippen LogP contribution is -2.25. The molecule has 0 aliphatic carbocycles. The first kappa shape index (κ1) is 14.8. The Morgan fingerprint density at radius 2 is 2.10 bits per heavy atom. The fraction of sp³-hybridized carbons (Fsp3) is 0.333. The highest BCUT2D eigenvalue weighted by Gasteiger charge is 2.28. The van der Waals surface area contributed by atoms with Crippen LogP contribution in [-0.2, 0) is 10.3 Å². The Hall–Kier alpha value is -1.59. The summed E-state index contributed by atoms with van der Waals surface area (Å²) in [6.07, 6.45) is 3.11. The monoisotopic (exact) mass is 311 g/mol. The smallest absolute Gasteiger partial charge is 0.138 e. The predicted octanol–water partition coefficient (Wildman–Crippen LogP) is 4.11. The number of hydrogen-bond donors (Lipinski definition) is 0. The summed E-state index contributed by atoms with van der Waals surface area (Å²) < 4.78 is 5.15. The molecule has 0 saturated carbocycles. The van der Waals surface area contributed by atoms with Crippen LogP contribution in [0.25, 0.3) is 21.2 Å². The lowest BCUT2D eigenvalue weighted by molar-refractivity contribution is 0.141. The second kappa shape index (κ2) is 5.81. The molecule has 2 heterocycles. The Morgan fingerprint density at radius 1 is 1.35 bits per heavy atom. The summed E-state index contributed by atoms with van der Waals surface area (Å²) in [7, 11) is 1.53. The third-order valence-electron chi connectivity index (χ3n) is 2.96. The molecule has 20 heavy (non-hydrogen) atoms. The molecular formula is C12H11Cl2N5O. The van der Waals surface area contributed by atoms with Crippen LogP contribution in [0, 0.1) is 0 Å². The highest BCUT2D eigenvalue weighted by molar-refractivity contribution is 6.35. The molecule has 1 atom stereocenters. The van der Waals surface area contributed by atoms with Crippen molar-refractivity contribution in [3.8, 4) is 0 Å².